The Labute approximate surface area is 153 Å². The Morgan fingerprint density at radius 2 is 1.84 bits per heavy atom. The van der Waals surface area contributed by atoms with E-state index in [1.807, 2.05) is 4.90 Å². The molecule has 1 saturated heterocycles. The van der Waals surface area contributed by atoms with Gasteiger partial charge in [-0.3, -0.25) is 4.79 Å². The maximum Gasteiger partial charge on any atom is 0.248 e. The molecule has 1 amide bonds. The van der Waals surface area contributed by atoms with Crippen molar-refractivity contribution in [3.8, 4) is 0 Å². The zero-order valence-electron chi connectivity index (χ0n) is 14.0. The smallest absolute Gasteiger partial charge is 0.248 e. The van der Waals surface area contributed by atoms with Gasteiger partial charge in [0, 0.05) is 45.4 Å². The summed E-state index contributed by atoms with van der Waals surface area (Å²) in [4.78, 5) is 13.2. The fourth-order valence-electron chi connectivity index (χ4n) is 2.44. The largest absolute Gasteiger partial charge is 0.383 e. The van der Waals surface area contributed by atoms with Crippen LogP contribution in [0, 0.1) is 0 Å². The van der Waals surface area contributed by atoms with Crippen molar-refractivity contribution in [3.05, 3.63) is 29.8 Å². The Morgan fingerprint density at radius 3 is 2.36 bits per heavy atom. The van der Waals surface area contributed by atoms with Gasteiger partial charge in [0.15, 0.2) is 5.11 Å². The van der Waals surface area contributed by atoms with Crippen molar-refractivity contribution in [2.75, 3.05) is 46.4 Å². The third-order valence-corrected chi connectivity index (χ3v) is 6.20. The van der Waals surface area contributed by atoms with Crippen molar-refractivity contribution in [1.82, 2.24) is 14.5 Å². The summed E-state index contributed by atoms with van der Waals surface area (Å²) in [6.07, 6.45) is 0. The van der Waals surface area contributed by atoms with E-state index in [0.29, 0.717) is 44.4 Å². The van der Waals surface area contributed by atoms with Crippen molar-refractivity contribution in [2.45, 2.75) is 4.90 Å². The van der Waals surface area contributed by atoms with Crippen LogP contribution in [0.25, 0.3) is 0 Å². The number of nitrogens with one attached hydrogen (secondary N) is 1. The summed E-state index contributed by atoms with van der Waals surface area (Å²) in [5, 5.41) is 3.67. The zero-order chi connectivity index (χ0) is 18.4. The molecule has 0 atom stereocenters. The lowest BCUT2D eigenvalue weighted by molar-refractivity contribution is 0.1000. The van der Waals surface area contributed by atoms with E-state index in [9.17, 15) is 13.2 Å². The first-order valence-corrected chi connectivity index (χ1v) is 9.63. The number of hydrogen-bond donors (Lipinski definition) is 2. The quantitative estimate of drug-likeness (QED) is 0.507. The topological polar surface area (TPSA) is 105 Å². The third-order valence-electron chi connectivity index (χ3n) is 3.88. The molecule has 1 aromatic rings. The van der Waals surface area contributed by atoms with E-state index in [-0.39, 0.29) is 10.5 Å². The summed E-state index contributed by atoms with van der Waals surface area (Å²) in [6.45, 7) is 2.86. The minimum absolute atomic E-state index is 0.145. The molecule has 1 fully saturated rings. The number of hydrogen-bond acceptors (Lipinski definition) is 5. The normalized spacial score (nSPS) is 15.8. The highest BCUT2D eigenvalue weighted by atomic mass is 32.2. The van der Waals surface area contributed by atoms with Crippen LogP contribution in [0.5, 0.6) is 0 Å². The molecule has 0 radical (unpaired) electrons. The molecule has 138 valence electrons. The minimum atomic E-state index is -3.60. The van der Waals surface area contributed by atoms with Crippen LogP contribution >= 0.6 is 12.2 Å². The number of carbonyl (C=O) groups excluding carboxylic acids is 1. The van der Waals surface area contributed by atoms with Crippen LogP contribution in [-0.2, 0) is 14.8 Å². The summed E-state index contributed by atoms with van der Waals surface area (Å²) in [6, 6.07) is 5.64. The molecular weight excluding hydrogens is 364 g/mol. The van der Waals surface area contributed by atoms with E-state index in [2.05, 4.69) is 5.32 Å². The molecule has 0 bridgehead atoms. The van der Waals surface area contributed by atoms with Gasteiger partial charge in [-0.15, -0.1) is 0 Å². The number of piperazine rings is 1. The molecule has 1 aliphatic heterocycles. The van der Waals surface area contributed by atoms with E-state index in [1.165, 1.54) is 28.6 Å². The second kappa shape index (κ2) is 8.56. The van der Waals surface area contributed by atoms with Gasteiger partial charge in [-0.2, -0.15) is 4.31 Å². The second-order valence-electron chi connectivity index (χ2n) is 5.50. The summed E-state index contributed by atoms with van der Waals surface area (Å²) in [5.41, 5.74) is 5.45. The molecule has 25 heavy (non-hydrogen) atoms. The Kier molecular flexibility index (Phi) is 6.71. The number of methoxy groups -OCH3 is 1. The highest BCUT2D eigenvalue weighted by Gasteiger charge is 2.29. The summed E-state index contributed by atoms with van der Waals surface area (Å²) >= 11 is 5.30. The van der Waals surface area contributed by atoms with Gasteiger partial charge in [0.1, 0.15) is 0 Å². The summed E-state index contributed by atoms with van der Waals surface area (Å²) in [5.74, 6) is -0.591. The lowest BCUT2D eigenvalue weighted by atomic mass is 10.2. The average molecular weight is 386 g/mol. The van der Waals surface area contributed by atoms with Crippen LogP contribution in [0.2, 0.25) is 0 Å². The number of benzene rings is 1. The van der Waals surface area contributed by atoms with Crippen molar-refractivity contribution in [3.63, 3.8) is 0 Å². The number of primary amides is 1. The molecule has 1 heterocycles. The standard InChI is InChI=1S/C15H22N4O4S2/c1-23-11-6-17-15(24)18-7-9-19(10-8-18)25(21,22)13-4-2-12(3-5-13)14(16)20/h2-5H,6-11H2,1H3,(H2,16,20)(H,17,24). The maximum atomic E-state index is 12.7. The molecule has 1 aliphatic rings. The number of thiocarbonyl (C=S) groups is 1. The maximum absolute atomic E-state index is 12.7. The van der Waals surface area contributed by atoms with Crippen LogP contribution in [-0.4, -0.2) is 75.1 Å². The predicted octanol–water partition coefficient (Wildman–Crippen LogP) is -0.387. The molecule has 0 aromatic heterocycles. The molecule has 2 rings (SSSR count). The van der Waals surface area contributed by atoms with Crippen molar-refractivity contribution >= 4 is 33.3 Å². The highest BCUT2D eigenvalue weighted by Crippen LogP contribution is 2.18. The molecule has 0 unspecified atom stereocenters. The molecule has 1 aromatic carbocycles. The third kappa shape index (κ3) is 4.88. The Bertz CT molecular complexity index is 714. The first kappa shape index (κ1) is 19.6. The molecular formula is C15H22N4O4S2. The van der Waals surface area contributed by atoms with Gasteiger partial charge < -0.3 is 20.7 Å². The fraction of sp³-hybridized carbons (Fsp3) is 0.467. The van der Waals surface area contributed by atoms with Crippen molar-refractivity contribution < 1.29 is 17.9 Å². The highest BCUT2D eigenvalue weighted by molar-refractivity contribution is 7.89. The number of ether oxygens (including phenoxy) is 1. The second-order valence-corrected chi connectivity index (χ2v) is 7.83. The van der Waals surface area contributed by atoms with E-state index in [0.717, 1.165) is 0 Å². The Balaban J connectivity index is 1.96. The number of rotatable bonds is 6. The summed E-state index contributed by atoms with van der Waals surface area (Å²) < 4.78 is 31.7. The van der Waals surface area contributed by atoms with Gasteiger partial charge in [-0.1, -0.05) is 0 Å². The molecule has 8 nitrogen and oxygen atoms in total. The number of nitrogens with two attached hydrogens (primary N) is 1. The SMILES string of the molecule is COCCNC(=S)N1CCN(S(=O)(=O)c2ccc(C(N)=O)cc2)CC1. The zero-order valence-corrected chi connectivity index (χ0v) is 15.6. The van der Waals surface area contributed by atoms with E-state index in [4.69, 9.17) is 22.7 Å². The first-order chi connectivity index (χ1) is 11.9. The minimum Gasteiger partial charge on any atom is -0.383 e. The molecule has 0 saturated carbocycles. The van der Waals surface area contributed by atoms with Gasteiger partial charge in [-0.25, -0.2) is 8.42 Å². The van der Waals surface area contributed by atoms with Crippen LogP contribution in [0.15, 0.2) is 29.2 Å². The first-order valence-electron chi connectivity index (χ1n) is 7.78. The predicted molar refractivity (Wildman–Crippen MR) is 97.8 cm³/mol. The molecule has 10 heteroatoms. The Morgan fingerprint density at radius 1 is 1.24 bits per heavy atom. The van der Waals surface area contributed by atoms with Gasteiger partial charge in [0.2, 0.25) is 15.9 Å². The number of carbonyl (C=O) groups is 1. The summed E-state index contributed by atoms with van der Waals surface area (Å²) in [7, 11) is -1.99. The van der Waals surface area contributed by atoms with Crippen molar-refractivity contribution in [2.24, 2.45) is 5.73 Å². The number of nitrogens with zero attached hydrogens (tertiary/aromatic N) is 2. The van der Waals surface area contributed by atoms with E-state index < -0.39 is 15.9 Å². The lowest BCUT2D eigenvalue weighted by Gasteiger charge is -2.35. The van der Waals surface area contributed by atoms with Gasteiger partial charge >= 0.3 is 0 Å². The van der Waals surface area contributed by atoms with Gasteiger partial charge in [-0.05, 0) is 36.5 Å². The van der Waals surface area contributed by atoms with Gasteiger partial charge in [0.05, 0.1) is 11.5 Å². The molecule has 0 spiro atoms. The molecule has 3 N–H and O–H groups in total. The monoisotopic (exact) mass is 386 g/mol. The Hall–Kier alpha value is -1.75. The lowest BCUT2D eigenvalue weighted by Crippen LogP contribution is -2.53. The number of sulfonamides is 1. The number of amides is 1. The van der Waals surface area contributed by atoms with E-state index >= 15 is 0 Å². The van der Waals surface area contributed by atoms with Crippen LogP contribution in [0.4, 0.5) is 0 Å². The fourth-order valence-corrected chi connectivity index (χ4v) is 4.15. The van der Waals surface area contributed by atoms with Gasteiger partial charge in [0.25, 0.3) is 0 Å². The average Bonchev–Trinajstić information content (AvgIpc) is 2.62. The molecule has 0 aliphatic carbocycles. The van der Waals surface area contributed by atoms with Crippen LogP contribution < -0.4 is 11.1 Å². The van der Waals surface area contributed by atoms with E-state index in [1.54, 1.807) is 7.11 Å². The van der Waals surface area contributed by atoms with Crippen LogP contribution in [0.3, 0.4) is 0 Å². The van der Waals surface area contributed by atoms with Crippen LogP contribution in [0.1, 0.15) is 10.4 Å². The van der Waals surface area contributed by atoms with Crippen molar-refractivity contribution in [1.29, 1.82) is 0 Å².